The number of nitrogens with zero attached hydrogens (tertiary/aromatic N) is 2. The van der Waals surface area contributed by atoms with Crippen LogP contribution in [0.4, 0.5) is 0 Å². The molecule has 0 radical (unpaired) electrons. The molecular weight excluding hydrogens is 318 g/mol. The lowest BCUT2D eigenvalue weighted by Crippen LogP contribution is -2.52. The Morgan fingerprint density at radius 2 is 1.84 bits per heavy atom. The molecule has 1 unspecified atom stereocenters. The summed E-state index contributed by atoms with van der Waals surface area (Å²) >= 11 is 0. The molecule has 4 aliphatic carbocycles. The van der Waals surface area contributed by atoms with Crippen LogP contribution in [0, 0.1) is 23.2 Å². The van der Waals surface area contributed by atoms with Gasteiger partial charge in [-0.15, -0.1) is 0 Å². The summed E-state index contributed by atoms with van der Waals surface area (Å²) in [5, 5.41) is 9.62. The van der Waals surface area contributed by atoms with Gasteiger partial charge in [-0.25, -0.2) is 9.78 Å². The van der Waals surface area contributed by atoms with Crippen molar-refractivity contribution in [2.45, 2.75) is 64.0 Å². The molecule has 1 aliphatic heterocycles. The molecule has 6 nitrogen and oxygen atoms in total. The number of carbonyl (C=O) groups excluding carboxylic acids is 1. The van der Waals surface area contributed by atoms with Crippen LogP contribution in [0.25, 0.3) is 0 Å². The fourth-order valence-corrected chi connectivity index (χ4v) is 6.65. The highest BCUT2D eigenvalue weighted by Crippen LogP contribution is 2.61. The van der Waals surface area contributed by atoms with Crippen LogP contribution >= 0.6 is 0 Å². The maximum atomic E-state index is 13.2. The molecule has 4 fully saturated rings. The zero-order chi connectivity index (χ0) is 17.2. The monoisotopic (exact) mass is 343 g/mol. The van der Waals surface area contributed by atoms with Crippen LogP contribution in [-0.2, 0) is 22.6 Å². The van der Waals surface area contributed by atoms with Crippen molar-refractivity contribution in [3.63, 3.8) is 0 Å². The molecule has 25 heavy (non-hydrogen) atoms. The van der Waals surface area contributed by atoms with Crippen LogP contribution in [0.1, 0.15) is 56.3 Å². The zero-order valence-electron chi connectivity index (χ0n) is 14.4. The van der Waals surface area contributed by atoms with E-state index in [1.165, 1.54) is 38.5 Å². The van der Waals surface area contributed by atoms with Gasteiger partial charge in [0.1, 0.15) is 6.04 Å². The van der Waals surface area contributed by atoms with Crippen LogP contribution < -0.4 is 0 Å². The van der Waals surface area contributed by atoms with E-state index >= 15 is 0 Å². The molecule has 1 aromatic heterocycles. The Kier molecular flexibility index (Phi) is 3.28. The number of nitrogens with one attached hydrogen (secondary N) is 1. The summed E-state index contributed by atoms with van der Waals surface area (Å²) < 4.78 is 0. The topological polar surface area (TPSA) is 86.3 Å². The van der Waals surface area contributed by atoms with Crippen LogP contribution in [0.3, 0.4) is 0 Å². The molecule has 2 heterocycles. The van der Waals surface area contributed by atoms with E-state index in [1.54, 1.807) is 11.2 Å². The highest BCUT2D eigenvalue weighted by Gasteiger charge is 2.52. The number of H-pyrrole nitrogens is 1. The third-order valence-corrected chi connectivity index (χ3v) is 7.20. The molecule has 4 bridgehead atoms. The van der Waals surface area contributed by atoms with Crippen LogP contribution in [-0.4, -0.2) is 37.9 Å². The summed E-state index contributed by atoms with van der Waals surface area (Å²) in [4.78, 5) is 33.7. The maximum Gasteiger partial charge on any atom is 0.326 e. The Labute approximate surface area is 147 Å². The van der Waals surface area contributed by atoms with Crippen LogP contribution in [0.2, 0.25) is 0 Å². The van der Waals surface area contributed by atoms with E-state index in [-0.39, 0.29) is 11.3 Å². The first kappa shape index (κ1) is 15.4. The van der Waals surface area contributed by atoms with Gasteiger partial charge in [0.25, 0.3) is 0 Å². The first-order valence-corrected chi connectivity index (χ1v) is 9.55. The molecule has 1 amide bonds. The van der Waals surface area contributed by atoms with Crippen LogP contribution in [0.5, 0.6) is 0 Å². The lowest BCUT2D eigenvalue weighted by atomic mass is 9.49. The molecule has 5 aliphatic rings. The Hall–Kier alpha value is -1.85. The Balaban J connectivity index is 1.37. The molecule has 1 atom stereocenters. The van der Waals surface area contributed by atoms with Gasteiger partial charge in [-0.3, -0.25) is 4.79 Å². The minimum absolute atomic E-state index is 0.0228. The normalized spacial score (nSPS) is 38.6. The van der Waals surface area contributed by atoms with Gasteiger partial charge in [-0.1, -0.05) is 0 Å². The SMILES string of the molecule is O=C(O)C1Cc2nc[nH]c2CN1C(=O)CC12CC3CC(CC(C3)C1)C2. The number of aliphatic carboxylic acids is 1. The molecular formula is C19H25N3O3. The quantitative estimate of drug-likeness (QED) is 0.882. The third kappa shape index (κ3) is 2.49. The second-order valence-electron chi connectivity index (χ2n) is 9.00. The average Bonchev–Trinajstić information content (AvgIpc) is 2.99. The van der Waals surface area contributed by atoms with Gasteiger partial charge in [-0.05, 0) is 61.7 Å². The van der Waals surface area contributed by atoms with E-state index in [4.69, 9.17) is 0 Å². The molecule has 6 rings (SSSR count). The van der Waals surface area contributed by atoms with E-state index < -0.39 is 12.0 Å². The first-order valence-electron chi connectivity index (χ1n) is 9.55. The second-order valence-corrected chi connectivity index (χ2v) is 9.00. The lowest BCUT2D eigenvalue weighted by molar-refractivity contribution is -0.155. The highest BCUT2D eigenvalue weighted by atomic mass is 16.4. The van der Waals surface area contributed by atoms with E-state index in [2.05, 4.69) is 9.97 Å². The van der Waals surface area contributed by atoms with Crippen molar-refractivity contribution in [2.24, 2.45) is 23.2 Å². The average molecular weight is 343 g/mol. The number of fused-ring (bicyclic) bond motifs is 1. The van der Waals surface area contributed by atoms with Gasteiger partial charge < -0.3 is 15.0 Å². The van der Waals surface area contributed by atoms with Crippen LogP contribution in [0.15, 0.2) is 6.33 Å². The predicted octanol–water partition coefficient (Wildman–Crippen LogP) is 2.35. The number of amides is 1. The van der Waals surface area contributed by atoms with E-state index in [0.29, 0.717) is 19.4 Å². The molecule has 2 N–H and O–H groups in total. The zero-order valence-corrected chi connectivity index (χ0v) is 14.4. The second kappa shape index (κ2) is 5.32. The van der Waals surface area contributed by atoms with Gasteiger partial charge in [-0.2, -0.15) is 0 Å². The Morgan fingerprint density at radius 1 is 1.20 bits per heavy atom. The minimum atomic E-state index is -0.924. The van der Waals surface area contributed by atoms with Crippen molar-refractivity contribution in [1.82, 2.24) is 14.9 Å². The predicted molar refractivity (Wildman–Crippen MR) is 89.5 cm³/mol. The van der Waals surface area contributed by atoms with Crippen molar-refractivity contribution in [1.29, 1.82) is 0 Å². The van der Waals surface area contributed by atoms with Crippen molar-refractivity contribution in [3.8, 4) is 0 Å². The number of carboxylic acids is 1. The molecule has 0 aromatic carbocycles. The van der Waals surface area contributed by atoms with E-state index in [1.807, 2.05) is 0 Å². The van der Waals surface area contributed by atoms with Crippen molar-refractivity contribution < 1.29 is 14.7 Å². The number of hydrogen-bond acceptors (Lipinski definition) is 3. The molecule has 0 saturated heterocycles. The number of rotatable bonds is 3. The number of carboxylic acid groups (broad SMARTS) is 1. The number of aromatic amines is 1. The summed E-state index contributed by atoms with van der Waals surface area (Å²) in [6, 6.07) is -0.780. The largest absolute Gasteiger partial charge is 0.480 e. The highest BCUT2D eigenvalue weighted by molar-refractivity contribution is 5.84. The molecule has 0 spiro atoms. The van der Waals surface area contributed by atoms with Gasteiger partial charge in [0.2, 0.25) is 5.91 Å². The minimum Gasteiger partial charge on any atom is -0.480 e. The first-order chi connectivity index (χ1) is 12.0. The summed E-state index contributed by atoms with van der Waals surface area (Å²) in [7, 11) is 0. The summed E-state index contributed by atoms with van der Waals surface area (Å²) in [5.74, 6) is 1.50. The Morgan fingerprint density at radius 3 is 2.44 bits per heavy atom. The Bertz CT molecular complexity index is 690. The van der Waals surface area contributed by atoms with Gasteiger partial charge in [0, 0.05) is 12.8 Å². The summed E-state index contributed by atoms with van der Waals surface area (Å²) in [6.07, 6.45) is 10.0. The van der Waals surface area contributed by atoms with Gasteiger partial charge >= 0.3 is 5.97 Å². The summed E-state index contributed by atoms with van der Waals surface area (Å²) in [6.45, 7) is 0.345. The van der Waals surface area contributed by atoms with Crippen molar-refractivity contribution in [2.75, 3.05) is 0 Å². The summed E-state index contributed by atoms with van der Waals surface area (Å²) in [5.41, 5.74) is 1.81. The molecule has 1 aromatic rings. The standard InChI is InChI=1S/C19H25N3O3/c23-17(8-19-5-11-1-12(6-19)3-13(2-11)7-19)22-9-15-14(20-10-21-15)4-16(22)18(24)25/h10-13,16H,1-9H2,(H,20,21)(H,24,25). The fourth-order valence-electron chi connectivity index (χ4n) is 6.65. The van der Waals surface area contributed by atoms with E-state index in [0.717, 1.165) is 29.1 Å². The van der Waals surface area contributed by atoms with Gasteiger partial charge in [0.15, 0.2) is 0 Å². The molecule has 4 saturated carbocycles. The maximum absolute atomic E-state index is 13.2. The number of aromatic nitrogens is 2. The third-order valence-electron chi connectivity index (χ3n) is 7.20. The lowest BCUT2D eigenvalue weighted by Gasteiger charge is -2.57. The van der Waals surface area contributed by atoms with Gasteiger partial charge in [0.05, 0.1) is 24.3 Å². The number of hydrogen-bond donors (Lipinski definition) is 2. The van der Waals surface area contributed by atoms with Crippen molar-refractivity contribution >= 4 is 11.9 Å². The fraction of sp³-hybridized carbons (Fsp3) is 0.737. The molecule has 6 heteroatoms. The molecule has 134 valence electrons. The van der Waals surface area contributed by atoms with E-state index in [9.17, 15) is 14.7 Å². The number of carbonyl (C=O) groups is 2. The number of imidazole rings is 1. The van der Waals surface area contributed by atoms with Crippen molar-refractivity contribution in [3.05, 3.63) is 17.7 Å². The smallest absolute Gasteiger partial charge is 0.326 e.